The van der Waals surface area contributed by atoms with Crippen LogP contribution in [0.1, 0.15) is 18.4 Å². The van der Waals surface area contributed by atoms with Crippen LogP contribution in [0.15, 0.2) is 12.1 Å². The van der Waals surface area contributed by atoms with Gasteiger partial charge in [0.2, 0.25) is 0 Å². The molecule has 1 aliphatic rings. The number of nitrogens with zero attached hydrogens (tertiary/aromatic N) is 1. The number of hydrogen-bond acceptors (Lipinski definition) is 2. The lowest BCUT2D eigenvalue weighted by molar-refractivity contribution is -0.120. The third-order valence-corrected chi connectivity index (χ3v) is 3.13. The summed E-state index contributed by atoms with van der Waals surface area (Å²) in [5, 5.41) is 0. The maximum atomic E-state index is 14.0. The van der Waals surface area contributed by atoms with E-state index in [1.54, 1.807) is 0 Å². The number of hydrogen-bond donors (Lipinski definition) is 1. The van der Waals surface area contributed by atoms with Gasteiger partial charge in [0.15, 0.2) is 0 Å². The summed E-state index contributed by atoms with van der Waals surface area (Å²) in [5.41, 5.74) is 5.05. The van der Waals surface area contributed by atoms with E-state index in [2.05, 4.69) is 0 Å². The number of rotatable bonds is 5. The highest BCUT2D eigenvalue weighted by atomic mass is 19.4. The Morgan fingerprint density at radius 2 is 1.70 bits per heavy atom. The normalized spacial score (nSPS) is 15.5. The van der Waals surface area contributed by atoms with E-state index in [1.165, 1.54) is 0 Å². The minimum Gasteiger partial charge on any atom is -0.355 e. The van der Waals surface area contributed by atoms with Crippen molar-refractivity contribution in [2.45, 2.75) is 31.5 Å². The molecule has 0 radical (unpaired) electrons. The molecular weight excluding hydrogens is 279 g/mol. The Balaban J connectivity index is 2.33. The lowest BCUT2D eigenvalue weighted by atomic mass is 10.1. The first-order valence-corrected chi connectivity index (χ1v) is 6.33. The van der Waals surface area contributed by atoms with E-state index in [9.17, 15) is 22.0 Å². The molecule has 112 valence electrons. The lowest BCUT2D eigenvalue weighted by Crippen LogP contribution is -2.37. The van der Waals surface area contributed by atoms with Crippen LogP contribution in [-0.4, -0.2) is 25.3 Å². The largest absolute Gasteiger partial charge is 0.405 e. The van der Waals surface area contributed by atoms with Crippen LogP contribution in [0.25, 0.3) is 0 Å². The Morgan fingerprint density at radius 1 is 1.15 bits per heavy atom. The average Bonchev–Trinajstić information content (AvgIpc) is 3.08. The van der Waals surface area contributed by atoms with Crippen molar-refractivity contribution in [1.82, 2.24) is 0 Å². The number of benzene rings is 1. The van der Waals surface area contributed by atoms with Crippen LogP contribution in [-0.2, 0) is 6.42 Å². The van der Waals surface area contributed by atoms with E-state index < -0.39 is 36.1 Å². The van der Waals surface area contributed by atoms with Gasteiger partial charge in [0.25, 0.3) is 0 Å². The van der Waals surface area contributed by atoms with Crippen molar-refractivity contribution < 1.29 is 22.0 Å². The number of nitrogens with two attached hydrogens (primary N) is 1. The van der Waals surface area contributed by atoms with Crippen LogP contribution in [0.4, 0.5) is 27.6 Å². The lowest BCUT2D eigenvalue weighted by Gasteiger charge is -2.27. The molecule has 0 aliphatic heterocycles. The number of alkyl halides is 3. The Morgan fingerprint density at radius 3 is 2.10 bits per heavy atom. The SMILES string of the molecule is NCCc1cc(F)c(N(CC(F)(F)F)C2CC2)c(F)c1. The fraction of sp³-hybridized carbons (Fsp3) is 0.538. The van der Waals surface area contributed by atoms with E-state index >= 15 is 0 Å². The predicted octanol–water partition coefficient (Wildman–Crippen LogP) is 3.00. The monoisotopic (exact) mass is 294 g/mol. The molecule has 0 saturated heterocycles. The zero-order chi connectivity index (χ0) is 14.9. The van der Waals surface area contributed by atoms with Crippen LogP contribution in [0.2, 0.25) is 0 Å². The van der Waals surface area contributed by atoms with Crippen molar-refractivity contribution in [3.63, 3.8) is 0 Å². The molecule has 0 bridgehead atoms. The van der Waals surface area contributed by atoms with Crippen molar-refractivity contribution in [2.24, 2.45) is 5.73 Å². The van der Waals surface area contributed by atoms with Crippen LogP contribution >= 0.6 is 0 Å². The Hall–Kier alpha value is -1.37. The van der Waals surface area contributed by atoms with E-state index in [1.807, 2.05) is 0 Å². The second-order valence-corrected chi connectivity index (χ2v) is 4.92. The van der Waals surface area contributed by atoms with Gasteiger partial charge in [0, 0.05) is 6.04 Å². The summed E-state index contributed by atoms with van der Waals surface area (Å²) in [5.74, 6) is -1.94. The third-order valence-electron chi connectivity index (χ3n) is 3.13. The van der Waals surface area contributed by atoms with Crippen molar-refractivity contribution in [2.75, 3.05) is 18.0 Å². The molecule has 1 fully saturated rings. The van der Waals surface area contributed by atoms with Gasteiger partial charge in [-0.25, -0.2) is 8.78 Å². The highest BCUT2D eigenvalue weighted by molar-refractivity contribution is 5.53. The average molecular weight is 294 g/mol. The van der Waals surface area contributed by atoms with Crippen LogP contribution in [0.5, 0.6) is 0 Å². The van der Waals surface area contributed by atoms with Crippen molar-refractivity contribution in [1.29, 1.82) is 0 Å². The van der Waals surface area contributed by atoms with Gasteiger partial charge < -0.3 is 10.6 Å². The smallest absolute Gasteiger partial charge is 0.355 e. The molecule has 0 unspecified atom stereocenters. The standard InChI is InChI=1S/C13H15F5N2/c14-10-5-8(3-4-19)6-11(15)12(10)20(9-1-2-9)7-13(16,17)18/h5-6,9H,1-4,7,19H2. The fourth-order valence-corrected chi connectivity index (χ4v) is 2.17. The van der Waals surface area contributed by atoms with Gasteiger partial charge in [-0.05, 0) is 43.5 Å². The molecule has 20 heavy (non-hydrogen) atoms. The molecule has 2 N–H and O–H groups in total. The summed E-state index contributed by atoms with van der Waals surface area (Å²) in [6.45, 7) is -1.13. The molecular formula is C13H15F5N2. The summed E-state index contributed by atoms with van der Waals surface area (Å²) in [6, 6.07) is 1.66. The molecule has 1 saturated carbocycles. The molecule has 7 heteroatoms. The minimum absolute atomic E-state index is 0.215. The van der Waals surface area contributed by atoms with Gasteiger partial charge in [-0.15, -0.1) is 0 Å². The minimum atomic E-state index is -4.50. The van der Waals surface area contributed by atoms with Crippen LogP contribution < -0.4 is 10.6 Å². The zero-order valence-electron chi connectivity index (χ0n) is 10.7. The van der Waals surface area contributed by atoms with Crippen LogP contribution in [0.3, 0.4) is 0 Å². The maximum Gasteiger partial charge on any atom is 0.405 e. The number of anilines is 1. The number of halogens is 5. The predicted molar refractivity (Wildman–Crippen MR) is 65.5 cm³/mol. The quantitative estimate of drug-likeness (QED) is 0.846. The highest BCUT2D eigenvalue weighted by Crippen LogP contribution is 2.37. The summed E-state index contributed by atoms with van der Waals surface area (Å²) in [6.07, 6.45) is -3.20. The van der Waals surface area contributed by atoms with E-state index in [4.69, 9.17) is 5.73 Å². The van der Waals surface area contributed by atoms with Gasteiger partial charge in [0.05, 0.1) is 0 Å². The first-order chi connectivity index (χ1) is 9.31. The fourth-order valence-electron chi connectivity index (χ4n) is 2.17. The molecule has 2 rings (SSSR count). The Kier molecular flexibility index (Phi) is 4.17. The van der Waals surface area contributed by atoms with Crippen LogP contribution in [0, 0.1) is 11.6 Å². The van der Waals surface area contributed by atoms with E-state index in [0.29, 0.717) is 18.4 Å². The summed E-state index contributed by atoms with van der Waals surface area (Å²) < 4.78 is 65.5. The first-order valence-electron chi connectivity index (χ1n) is 6.33. The Labute approximate surface area is 113 Å². The van der Waals surface area contributed by atoms with Gasteiger partial charge in [-0.3, -0.25) is 0 Å². The zero-order valence-corrected chi connectivity index (χ0v) is 10.7. The van der Waals surface area contributed by atoms with Gasteiger partial charge in [-0.2, -0.15) is 13.2 Å². The van der Waals surface area contributed by atoms with Gasteiger partial charge in [0.1, 0.15) is 23.9 Å². The highest BCUT2D eigenvalue weighted by Gasteiger charge is 2.40. The molecule has 2 nitrogen and oxygen atoms in total. The molecule has 0 amide bonds. The van der Waals surface area contributed by atoms with E-state index in [-0.39, 0.29) is 13.0 Å². The topological polar surface area (TPSA) is 29.3 Å². The molecule has 0 spiro atoms. The molecule has 1 aliphatic carbocycles. The molecule has 0 aromatic heterocycles. The second-order valence-electron chi connectivity index (χ2n) is 4.92. The molecule has 1 aromatic carbocycles. The van der Waals surface area contributed by atoms with Crippen molar-refractivity contribution >= 4 is 5.69 Å². The Bertz CT molecular complexity index is 459. The second kappa shape index (κ2) is 5.55. The molecule has 0 heterocycles. The summed E-state index contributed by atoms with van der Waals surface area (Å²) >= 11 is 0. The van der Waals surface area contributed by atoms with E-state index in [0.717, 1.165) is 17.0 Å². The van der Waals surface area contributed by atoms with Crippen molar-refractivity contribution in [3.8, 4) is 0 Å². The maximum absolute atomic E-state index is 14.0. The summed E-state index contributed by atoms with van der Waals surface area (Å²) in [4.78, 5) is 0.775. The summed E-state index contributed by atoms with van der Waals surface area (Å²) in [7, 11) is 0. The first kappa shape index (κ1) is 15.0. The van der Waals surface area contributed by atoms with Gasteiger partial charge >= 0.3 is 6.18 Å². The van der Waals surface area contributed by atoms with Gasteiger partial charge in [-0.1, -0.05) is 0 Å². The van der Waals surface area contributed by atoms with Crippen molar-refractivity contribution in [3.05, 3.63) is 29.3 Å². The molecule has 0 atom stereocenters. The molecule has 1 aromatic rings. The third kappa shape index (κ3) is 3.59.